The number of unbranched alkanes of at least 4 members (excludes halogenated alkanes) is 14. The van der Waals surface area contributed by atoms with Crippen LogP contribution in [0.5, 0.6) is 0 Å². The molecule has 0 heterocycles. The summed E-state index contributed by atoms with van der Waals surface area (Å²) in [6.07, 6.45) is 35.4. The first-order chi connectivity index (χ1) is 22.6. The van der Waals surface area contributed by atoms with Crippen molar-refractivity contribution in [2.24, 2.45) is 0 Å². The molecule has 0 fully saturated rings. The zero-order valence-electron chi connectivity index (χ0n) is 31.0. The lowest BCUT2D eigenvalue weighted by molar-refractivity contribution is -0.870. The van der Waals surface area contributed by atoms with Crippen molar-refractivity contribution < 1.29 is 37.3 Å². The van der Waals surface area contributed by atoms with Gasteiger partial charge in [-0.05, 0) is 51.4 Å². The monoisotopic (exact) mass is 687 g/mol. The number of rotatable bonds is 34. The van der Waals surface area contributed by atoms with Gasteiger partial charge in [-0.25, -0.2) is 4.57 Å². The Kier molecular flexibility index (Phi) is 31.1. The van der Waals surface area contributed by atoms with Crippen molar-refractivity contribution in [3.05, 3.63) is 36.5 Å². The standard InChI is InChI=1S/C38H72NO7P/c1-6-8-10-11-12-13-14-15-16-17-18-19-20-21-22-23-24-25-26-27-28-30-33-43-35-37(46-38(40)31-29-9-7-2)36-45-47(41,42)44-34-32-39(3,4)5/h14-15,17-18,20-21,37H,6-13,16,19,22-36H2,1-5H3/p+1/b15-14-,18-17-,21-20-. The highest BCUT2D eigenvalue weighted by molar-refractivity contribution is 7.47. The molecule has 9 heteroatoms. The third-order valence-corrected chi connectivity index (χ3v) is 8.69. The molecular weight excluding hydrogens is 613 g/mol. The van der Waals surface area contributed by atoms with Gasteiger partial charge < -0.3 is 18.9 Å². The van der Waals surface area contributed by atoms with E-state index in [1.54, 1.807) is 0 Å². The number of esters is 1. The third-order valence-electron chi connectivity index (χ3n) is 7.70. The van der Waals surface area contributed by atoms with E-state index in [9.17, 15) is 14.3 Å². The first-order valence-electron chi connectivity index (χ1n) is 18.7. The van der Waals surface area contributed by atoms with Crippen molar-refractivity contribution in [1.82, 2.24) is 0 Å². The second kappa shape index (κ2) is 32.0. The molecule has 0 aliphatic carbocycles. The number of hydrogen-bond acceptors (Lipinski definition) is 6. The second-order valence-corrected chi connectivity index (χ2v) is 15.1. The largest absolute Gasteiger partial charge is 0.472 e. The lowest BCUT2D eigenvalue weighted by atomic mass is 10.1. The van der Waals surface area contributed by atoms with Crippen LogP contribution in [0.25, 0.3) is 0 Å². The van der Waals surface area contributed by atoms with Crippen LogP contribution < -0.4 is 0 Å². The smallest absolute Gasteiger partial charge is 0.457 e. The van der Waals surface area contributed by atoms with Gasteiger partial charge in [-0.2, -0.15) is 0 Å². The number of carbonyl (C=O) groups excluding carboxylic acids is 1. The summed E-state index contributed by atoms with van der Waals surface area (Å²) in [5.41, 5.74) is 0. The van der Waals surface area contributed by atoms with Crippen molar-refractivity contribution in [1.29, 1.82) is 0 Å². The number of hydrogen-bond donors (Lipinski definition) is 1. The van der Waals surface area contributed by atoms with Crippen molar-refractivity contribution >= 4 is 13.8 Å². The van der Waals surface area contributed by atoms with Crippen LogP contribution in [0.4, 0.5) is 0 Å². The zero-order chi connectivity index (χ0) is 34.9. The predicted octanol–water partition coefficient (Wildman–Crippen LogP) is 10.3. The van der Waals surface area contributed by atoms with Crippen LogP contribution in [0.3, 0.4) is 0 Å². The number of quaternary nitrogens is 1. The van der Waals surface area contributed by atoms with Crippen LogP contribution in [0.1, 0.15) is 142 Å². The van der Waals surface area contributed by atoms with E-state index in [1.165, 1.54) is 70.6 Å². The van der Waals surface area contributed by atoms with Gasteiger partial charge >= 0.3 is 13.8 Å². The number of likely N-dealkylation sites (N-methyl/N-ethyl adjacent to an activating group) is 1. The molecule has 0 rings (SSSR count). The normalized spacial score (nSPS) is 14.4. The molecule has 0 aromatic rings. The topological polar surface area (TPSA) is 91.3 Å². The number of phosphoric acid groups is 1. The van der Waals surface area contributed by atoms with E-state index in [1.807, 2.05) is 21.1 Å². The molecule has 0 saturated heterocycles. The third kappa shape index (κ3) is 35.8. The molecule has 2 unspecified atom stereocenters. The Morgan fingerprint density at radius 3 is 1.74 bits per heavy atom. The van der Waals surface area contributed by atoms with Gasteiger partial charge in [0.1, 0.15) is 19.3 Å². The maximum atomic E-state index is 12.3. The molecule has 2 atom stereocenters. The molecule has 47 heavy (non-hydrogen) atoms. The summed E-state index contributed by atoms with van der Waals surface area (Å²) >= 11 is 0. The van der Waals surface area contributed by atoms with E-state index in [2.05, 4.69) is 50.3 Å². The van der Waals surface area contributed by atoms with Crippen molar-refractivity contribution in [3.8, 4) is 0 Å². The predicted molar refractivity (Wildman–Crippen MR) is 196 cm³/mol. The molecule has 0 aromatic heterocycles. The van der Waals surface area contributed by atoms with Crippen LogP contribution >= 0.6 is 7.82 Å². The Morgan fingerprint density at radius 1 is 0.660 bits per heavy atom. The van der Waals surface area contributed by atoms with Gasteiger partial charge in [0.2, 0.25) is 0 Å². The summed E-state index contributed by atoms with van der Waals surface area (Å²) < 4.78 is 34.4. The summed E-state index contributed by atoms with van der Waals surface area (Å²) in [5, 5.41) is 0. The van der Waals surface area contributed by atoms with Gasteiger partial charge in [-0.3, -0.25) is 13.8 Å². The second-order valence-electron chi connectivity index (χ2n) is 13.6. The van der Waals surface area contributed by atoms with E-state index in [4.69, 9.17) is 18.5 Å². The van der Waals surface area contributed by atoms with Crippen LogP contribution in [0.15, 0.2) is 36.5 Å². The molecule has 0 saturated carbocycles. The van der Waals surface area contributed by atoms with Crippen LogP contribution in [-0.4, -0.2) is 75.6 Å². The molecule has 0 aromatic carbocycles. The number of phosphoric ester groups is 1. The van der Waals surface area contributed by atoms with Gasteiger partial charge in [-0.15, -0.1) is 0 Å². The summed E-state index contributed by atoms with van der Waals surface area (Å²) in [4.78, 5) is 22.3. The molecule has 1 N–H and O–H groups in total. The molecule has 0 aliphatic heterocycles. The van der Waals surface area contributed by atoms with E-state index >= 15 is 0 Å². The highest BCUT2D eigenvalue weighted by atomic mass is 31.2. The molecule has 0 aliphatic rings. The lowest BCUT2D eigenvalue weighted by Gasteiger charge is -2.24. The Hall–Kier alpha value is -1.28. The summed E-state index contributed by atoms with van der Waals surface area (Å²) in [6.45, 7) is 5.40. The van der Waals surface area contributed by atoms with Gasteiger partial charge in [0.25, 0.3) is 0 Å². The number of carbonyl (C=O) groups is 1. The highest BCUT2D eigenvalue weighted by Crippen LogP contribution is 2.43. The summed E-state index contributed by atoms with van der Waals surface area (Å²) in [6, 6.07) is 0. The van der Waals surface area contributed by atoms with Crippen molar-refractivity contribution in [2.45, 2.75) is 148 Å². The number of allylic oxidation sites excluding steroid dienone is 6. The Bertz CT molecular complexity index is 853. The first kappa shape index (κ1) is 45.7. The SMILES string of the molecule is CCCCCCC/C=C\C/C=C\C/C=C\CCCCCCCCCOCC(COP(=O)(O)OCC[N+](C)(C)C)OC(=O)CCCCC. The Labute approximate surface area is 289 Å². The van der Waals surface area contributed by atoms with Crippen LogP contribution in [0.2, 0.25) is 0 Å². The van der Waals surface area contributed by atoms with Gasteiger partial charge in [0.15, 0.2) is 0 Å². The fourth-order valence-electron chi connectivity index (χ4n) is 4.73. The molecular formula is C38H73NO7P+. The molecule has 0 bridgehead atoms. The lowest BCUT2D eigenvalue weighted by Crippen LogP contribution is -2.37. The fourth-order valence-corrected chi connectivity index (χ4v) is 5.47. The molecule has 276 valence electrons. The maximum absolute atomic E-state index is 12.3. The molecule has 0 spiro atoms. The van der Waals surface area contributed by atoms with Crippen LogP contribution in [0, 0.1) is 0 Å². The Balaban J connectivity index is 3.97. The summed E-state index contributed by atoms with van der Waals surface area (Å²) in [5.74, 6) is -0.344. The maximum Gasteiger partial charge on any atom is 0.472 e. The highest BCUT2D eigenvalue weighted by Gasteiger charge is 2.26. The zero-order valence-corrected chi connectivity index (χ0v) is 31.9. The van der Waals surface area contributed by atoms with Crippen LogP contribution in [-0.2, 0) is 27.9 Å². The van der Waals surface area contributed by atoms with E-state index in [0.717, 1.165) is 51.4 Å². The average molecular weight is 687 g/mol. The number of nitrogens with zero attached hydrogens (tertiary/aromatic N) is 1. The van der Waals surface area contributed by atoms with Gasteiger partial charge in [0.05, 0.1) is 34.4 Å². The summed E-state index contributed by atoms with van der Waals surface area (Å²) in [7, 11) is 1.65. The fraction of sp³-hybridized carbons (Fsp3) is 0.816. The number of ether oxygens (including phenoxy) is 2. The quantitative estimate of drug-likeness (QED) is 0.0237. The molecule has 0 amide bonds. The van der Waals surface area contributed by atoms with Gasteiger partial charge in [-0.1, -0.05) is 121 Å². The Morgan fingerprint density at radius 2 is 1.17 bits per heavy atom. The van der Waals surface area contributed by atoms with E-state index in [0.29, 0.717) is 24.1 Å². The van der Waals surface area contributed by atoms with Crippen molar-refractivity contribution in [3.63, 3.8) is 0 Å². The van der Waals surface area contributed by atoms with E-state index in [-0.39, 0.29) is 25.8 Å². The minimum atomic E-state index is -4.25. The minimum absolute atomic E-state index is 0.0853. The average Bonchev–Trinajstić information content (AvgIpc) is 3.01. The first-order valence-corrected chi connectivity index (χ1v) is 20.2. The van der Waals surface area contributed by atoms with E-state index < -0.39 is 13.9 Å². The van der Waals surface area contributed by atoms with Crippen molar-refractivity contribution in [2.75, 3.05) is 54.1 Å². The minimum Gasteiger partial charge on any atom is -0.457 e. The molecule has 0 radical (unpaired) electrons. The van der Waals surface area contributed by atoms with Gasteiger partial charge in [0, 0.05) is 13.0 Å². The molecule has 8 nitrogen and oxygen atoms in total.